The molecule has 6 nitrogen and oxygen atoms in total. The minimum Gasteiger partial charge on any atom is -0.493 e. The van der Waals surface area contributed by atoms with E-state index in [1.54, 1.807) is 21.3 Å². The Morgan fingerprint density at radius 3 is 2.35 bits per heavy atom. The van der Waals surface area contributed by atoms with Gasteiger partial charge in [-0.25, -0.2) is 0 Å². The number of guanidine groups is 1. The first kappa shape index (κ1) is 20.2. The van der Waals surface area contributed by atoms with Crippen molar-refractivity contribution >= 4 is 5.96 Å². The van der Waals surface area contributed by atoms with Crippen molar-refractivity contribution in [1.29, 1.82) is 0 Å². The highest BCUT2D eigenvalue weighted by molar-refractivity contribution is 5.80. The number of benzene rings is 1. The number of hydrogen-bond acceptors (Lipinski definition) is 4. The number of methoxy groups -OCH3 is 3. The Morgan fingerprint density at radius 2 is 1.85 bits per heavy atom. The topological polar surface area (TPSA) is 55.3 Å². The highest BCUT2D eigenvalue weighted by Crippen LogP contribution is 2.38. The van der Waals surface area contributed by atoms with Gasteiger partial charge < -0.3 is 24.4 Å². The summed E-state index contributed by atoms with van der Waals surface area (Å²) in [4.78, 5) is 6.81. The molecule has 2 rings (SSSR count). The standard InChI is InChI=1S/C20H33N3O3/c1-14(2)9-15-7-8-23(13-15)20(21-3)22-12-16-10-17(24-4)19(26-6)18(11-16)25-5/h10-11,14-15H,7-9,12-13H2,1-6H3,(H,21,22). The van der Waals surface area contributed by atoms with Gasteiger partial charge in [0.15, 0.2) is 17.5 Å². The lowest BCUT2D eigenvalue weighted by molar-refractivity contribution is 0.323. The van der Waals surface area contributed by atoms with Crippen LogP contribution in [-0.2, 0) is 6.54 Å². The van der Waals surface area contributed by atoms with Gasteiger partial charge in [-0.2, -0.15) is 0 Å². The van der Waals surface area contributed by atoms with Gasteiger partial charge in [0.05, 0.1) is 21.3 Å². The summed E-state index contributed by atoms with van der Waals surface area (Å²) in [5.74, 6) is 4.39. The molecule has 1 aliphatic heterocycles. The van der Waals surface area contributed by atoms with Crippen LogP contribution >= 0.6 is 0 Å². The van der Waals surface area contributed by atoms with E-state index in [1.165, 1.54) is 12.8 Å². The van der Waals surface area contributed by atoms with Crippen molar-refractivity contribution < 1.29 is 14.2 Å². The van der Waals surface area contributed by atoms with E-state index >= 15 is 0 Å². The molecular weight excluding hydrogens is 330 g/mol. The van der Waals surface area contributed by atoms with E-state index in [-0.39, 0.29) is 0 Å². The maximum Gasteiger partial charge on any atom is 0.203 e. The van der Waals surface area contributed by atoms with Crippen LogP contribution in [0.25, 0.3) is 0 Å². The van der Waals surface area contributed by atoms with Crippen molar-refractivity contribution in [2.45, 2.75) is 33.2 Å². The van der Waals surface area contributed by atoms with Gasteiger partial charge >= 0.3 is 0 Å². The zero-order valence-corrected chi connectivity index (χ0v) is 17.0. The third-order valence-corrected chi connectivity index (χ3v) is 4.78. The number of nitrogens with one attached hydrogen (secondary N) is 1. The lowest BCUT2D eigenvalue weighted by atomic mass is 9.97. The second-order valence-electron chi connectivity index (χ2n) is 7.16. The molecule has 1 aromatic carbocycles. The molecule has 1 N–H and O–H groups in total. The van der Waals surface area contributed by atoms with E-state index in [1.807, 2.05) is 19.2 Å². The Hall–Kier alpha value is -2.11. The second kappa shape index (κ2) is 9.55. The molecule has 1 aromatic rings. The van der Waals surface area contributed by atoms with Gasteiger partial charge in [0.1, 0.15) is 0 Å². The van der Waals surface area contributed by atoms with Crippen LogP contribution in [0.15, 0.2) is 17.1 Å². The summed E-state index contributed by atoms with van der Waals surface area (Å²) in [5, 5.41) is 3.47. The molecule has 0 bridgehead atoms. The minimum atomic E-state index is 0.610. The first-order valence-electron chi connectivity index (χ1n) is 9.26. The van der Waals surface area contributed by atoms with Crippen molar-refractivity contribution in [2.75, 3.05) is 41.5 Å². The first-order chi connectivity index (χ1) is 12.5. The van der Waals surface area contributed by atoms with Crippen LogP contribution in [0, 0.1) is 11.8 Å². The molecule has 0 spiro atoms. The molecule has 146 valence electrons. The largest absolute Gasteiger partial charge is 0.493 e. The molecule has 1 heterocycles. The van der Waals surface area contributed by atoms with Crippen molar-refractivity contribution in [3.63, 3.8) is 0 Å². The van der Waals surface area contributed by atoms with Crippen molar-refractivity contribution in [1.82, 2.24) is 10.2 Å². The summed E-state index contributed by atoms with van der Waals surface area (Å²) in [5.41, 5.74) is 1.05. The number of rotatable bonds is 7. The van der Waals surface area contributed by atoms with Crippen LogP contribution in [-0.4, -0.2) is 52.3 Å². The summed E-state index contributed by atoms with van der Waals surface area (Å²) < 4.78 is 16.2. The summed E-state index contributed by atoms with van der Waals surface area (Å²) in [6.07, 6.45) is 2.52. The fraction of sp³-hybridized carbons (Fsp3) is 0.650. The first-order valence-corrected chi connectivity index (χ1v) is 9.26. The maximum absolute atomic E-state index is 5.43. The zero-order valence-electron chi connectivity index (χ0n) is 17.0. The van der Waals surface area contributed by atoms with Crippen LogP contribution in [0.1, 0.15) is 32.3 Å². The van der Waals surface area contributed by atoms with Crippen LogP contribution < -0.4 is 19.5 Å². The fourth-order valence-corrected chi connectivity index (χ4v) is 3.63. The van der Waals surface area contributed by atoms with Gasteiger partial charge in [-0.1, -0.05) is 13.8 Å². The molecule has 26 heavy (non-hydrogen) atoms. The molecule has 0 radical (unpaired) electrons. The fourth-order valence-electron chi connectivity index (χ4n) is 3.63. The molecule has 1 saturated heterocycles. The monoisotopic (exact) mass is 363 g/mol. The van der Waals surface area contributed by atoms with Crippen molar-refractivity contribution in [3.05, 3.63) is 17.7 Å². The van der Waals surface area contributed by atoms with E-state index in [9.17, 15) is 0 Å². The molecule has 0 aliphatic carbocycles. The highest BCUT2D eigenvalue weighted by atomic mass is 16.5. The van der Waals surface area contributed by atoms with E-state index in [2.05, 4.69) is 29.1 Å². The van der Waals surface area contributed by atoms with Gasteiger partial charge in [0.25, 0.3) is 0 Å². The Labute approximate surface area is 157 Å². The number of aliphatic imine (C=N–C) groups is 1. The van der Waals surface area contributed by atoms with Crippen molar-refractivity contribution in [3.8, 4) is 17.2 Å². The third kappa shape index (κ3) is 4.96. The van der Waals surface area contributed by atoms with Crippen molar-refractivity contribution in [2.24, 2.45) is 16.8 Å². The van der Waals surface area contributed by atoms with E-state index in [0.717, 1.165) is 36.4 Å². The number of hydrogen-bond donors (Lipinski definition) is 1. The minimum absolute atomic E-state index is 0.610. The van der Waals surface area contributed by atoms with Gasteiger partial charge in [-0.3, -0.25) is 4.99 Å². The molecule has 0 amide bonds. The van der Waals surface area contributed by atoms with E-state index in [0.29, 0.717) is 23.8 Å². The predicted molar refractivity (Wildman–Crippen MR) is 105 cm³/mol. The summed E-state index contributed by atoms with van der Waals surface area (Å²) in [7, 11) is 6.72. The average Bonchev–Trinajstić information content (AvgIpc) is 3.08. The SMILES string of the molecule is CN=C(NCc1cc(OC)c(OC)c(OC)c1)N1CCC(CC(C)C)C1. The zero-order chi connectivity index (χ0) is 19.1. The Balaban J connectivity index is 2.03. The predicted octanol–water partition coefficient (Wildman–Crippen LogP) is 3.16. The molecule has 6 heteroatoms. The number of likely N-dealkylation sites (tertiary alicyclic amines) is 1. The molecule has 0 saturated carbocycles. The number of nitrogens with zero attached hydrogens (tertiary/aromatic N) is 2. The molecule has 1 fully saturated rings. The highest BCUT2D eigenvalue weighted by Gasteiger charge is 2.25. The second-order valence-corrected chi connectivity index (χ2v) is 7.16. The molecule has 0 aromatic heterocycles. The molecule has 1 aliphatic rings. The molecule has 1 atom stereocenters. The average molecular weight is 364 g/mol. The van der Waals surface area contributed by atoms with Gasteiger partial charge in [-0.15, -0.1) is 0 Å². The van der Waals surface area contributed by atoms with Crippen LogP contribution in [0.2, 0.25) is 0 Å². The van der Waals surface area contributed by atoms with Crippen LogP contribution in [0.5, 0.6) is 17.2 Å². The normalized spacial score (nSPS) is 17.6. The summed E-state index contributed by atoms with van der Waals surface area (Å²) >= 11 is 0. The molecule has 1 unspecified atom stereocenters. The quantitative estimate of drug-likeness (QED) is 0.596. The summed E-state index contributed by atoms with van der Waals surface area (Å²) in [6.45, 7) is 7.37. The lowest BCUT2D eigenvalue weighted by Gasteiger charge is -2.22. The van der Waals surface area contributed by atoms with Crippen LogP contribution in [0.4, 0.5) is 0 Å². The van der Waals surface area contributed by atoms with Gasteiger partial charge in [0, 0.05) is 26.7 Å². The Morgan fingerprint density at radius 1 is 1.19 bits per heavy atom. The smallest absolute Gasteiger partial charge is 0.203 e. The summed E-state index contributed by atoms with van der Waals surface area (Å²) in [6, 6.07) is 3.93. The Kier molecular flexibility index (Phi) is 7.42. The van der Waals surface area contributed by atoms with Gasteiger partial charge in [-0.05, 0) is 42.4 Å². The maximum atomic E-state index is 5.43. The van der Waals surface area contributed by atoms with E-state index in [4.69, 9.17) is 14.2 Å². The third-order valence-electron chi connectivity index (χ3n) is 4.78. The lowest BCUT2D eigenvalue weighted by Crippen LogP contribution is -2.39. The molecular formula is C20H33N3O3. The van der Waals surface area contributed by atoms with Gasteiger partial charge in [0.2, 0.25) is 5.75 Å². The van der Waals surface area contributed by atoms with Crippen LogP contribution in [0.3, 0.4) is 0 Å². The van der Waals surface area contributed by atoms with E-state index < -0.39 is 0 Å². The Bertz CT molecular complexity index is 591. The number of ether oxygens (including phenoxy) is 3.